The molecule has 1 heterocycles. The summed E-state index contributed by atoms with van der Waals surface area (Å²) in [5.41, 5.74) is 3.40. The van der Waals surface area contributed by atoms with E-state index in [0.717, 1.165) is 29.7 Å². The Balaban J connectivity index is 1.80. The third-order valence-corrected chi connectivity index (χ3v) is 5.47. The summed E-state index contributed by atoms with van der Waals surface area (Å²) in [6, 6.07) is 10.7. The number of ether oxygens (including phenoxy) is 3. The molecule has 0 saturated carbocycles. The van der Waals surface area contributed by atoms with Crippen molar-refractivity contribution in [2.45, 2.75) is 33.1 Å². The molecule has 0 aliphatic carbocycles. The van der Waals surface area contributed by atoms with E-state index in [9.17, 15) is 9.59 Å². The zero-order valence-corrected chi connectivity index (χ0v) is 19.1. The van der Waals surface area contributed by atoms with Crippen LogP contribution in [0, 0.1) is 0 Å². The Morgan fingerprint density at radius 2 is 1.66 bits per heavy atom. The van der Waals surface area contributed by atoms with E-state index in [0.29, 0.717) is 36.6 Å². The molecule has 8 nitrogen and oxygen atoms in total. The summed E-state index contributed by atoms with van der Waals surface area (Å²) in [5.74, 6) is 0.631. The highest BCUT2D eigenvalue weighted by Crippen LogP contribution is 2.30. The maximum Gasteiger partial charge on any atom is 0.340 e. The van der Waals surface area contributed by atoms with Crippen molar-refractivity contribution < 1.29 is 23.8 Å². The molecule has 172 valence electrons. The molecule has 1 aliphatic heterocycles. The smallest absolute Gasteiger partial charge is 0.340 e. The quantitative estimate of drug-likeness (QED) is 0.624. The van der Waals surface area contributed by atoms with Gasteiger partial charge < -0.3 is 19.5 Å². The van der Waals surface area contributed by atoms with Crippen LogP contribution in [0.15, 0.2) is 36.4 Å². The maximum atomic E-state index is 13.2. The Bertz CT molecular complexity index is 940. The SMILES string of the molecule is CCc1cccc(CC)c1NC(=O)N1CCCN1C(=O)c1ccc(OCOC)c(OC)c1. The molecule has 3 amide bonds. The first kappa shape index (κ1) is 23.4. The number of nitrogens with one attached hydrogen (secondary N) is 1. The van der Waals surface area contributed by atoms with Gasteiger partial charge in [0.15, 0.2) is 18.3 Å². The van der Waals surface area contributed by atoms with Crippen molar-refractivity contribution >= 4 is 17.6 Å². The highest BCUT2D eigenvalue weighted by molar-refractivity contribution is 5.98. The third kappa shape index (κ3) is 4.96. The summed E-state index contributed by atoms with van der Waals surface area (Å²) in [6.45, 7) is 5.13. The van der Waals surface area contributed by atoms with Gasteiger partial charge in [0.25, 0.3) is 5.91 Å². The molecule has 0 spiro atoms. The Hall–Kier alpha value is -3.26. The maximum absolute atomic E-state index is 13.2. The normalized spacial score (nSPS) is 13.2. The molecule has 1 aliphatic rings. The van der Waals surface area contributed by atoms with Crippen LogP contribution in [0.25, 0.3) is 0 Å². The number of para-hydroxylation sites is 1. The molecule has 0 aromatic heterocycles. The van der Waals surface area contributed by atoms with E-state index in [1.54, 1.807) is 18.2 Å². The number of carbonyl (C=O) groups excluding carboxylic acids is 2. The third-order valence-electron chi connectivity index (χ3n) is 5.47. The second kappa shape index (κ2) is 10.9. The minimum atomic E-state index is -0.307. The molecule has 0 bridgehead atoms. The van der Waals surface area contributed by atoms with Crippen LogP contribution >= 0.6 is 0 Å². The molecule has 2 aromatic rings. The van der Waals surface area contributed by atoms with Crippen LogP contribution in [0.3, 0.4) is 0 Å². The van der Waals surface area contributed by atoms with Crippen molar-refractivity contribution in [3.63, 3.8) is 0 Å². The first-order chi connectivity index (χ1) is 15.5. The van der Waals surface area contributed by atoms with Gasteiger partial charge in [-0.05, 0) is 48.6 Å². The fourth-order valence-electron chi connectivity index (χ4n) is 3.80. The van der Waals surface area contributed by atoms with Gasteiger partial charge in [0.2, 0.25) is 0 Å². The average Bonchev–Trinajstić information content (AvgIpc) is 3.32. The summed E-state index contributed by atoms with van der Waals surface area (Å²) in [4.78, 5) is 26.4. The minimum Gasteiger partial charge on any atom is -0.493 e. The van der Waals surface area contributed by atoms with Gasteiger partial charge in [-0.2, -0.15) is 0 Å². The van der Waals surface area contributed by atoms with Crippen molar-refractivity contribution in [2.24, 2.45) is 0 Å². The van der Waals surface area contributed by atoms with E-state index in [-0.39, 0.29) is 18.7 Å². The summed E-state index contributed by atoms with van der Waals surface area (Å²) in [6.07, 6.45) is 2.33. The number of urea groups is 1. The number of rotatable bonds is 8. The number of hydrogen-bond donors (Lipinski definition) is 1. The summed E-state index contributed by atoms with van der Waals surface area (Å²) in [5, 5.41) is 6.02. The van der Waals surface area contributed by atoms with Gasteiger partial charge in [-0.15, -0.1) is 0 Å². The summed E-state index contributed by atoms with van der Waals surface area (Å²) >= 11 is 0. The van der Waals surface area contributed by atoms with Gasteiger partial charge in [-0.25, -0.2) is 14.8 Å². The van der Waals surface area contributed by atoms with Gasteiger partial charge in [0, 0.05) is 31.5 Å². The Labute approximate surface area is 189 Å². The van der Waals surface area contributed by atoms with Crippen molar-refractivity contribution in [1.82, 2.24) is 10.0 Å². The van der Waals surface area contributed by atoms with E-state index in [4.69, 9.17) is 14.2 Å². The minimum absolute atomic E-state index is 0.0721. The van der Waals surface area contributed by atoms with Gasteiger partial charge in [0.05, 0.1) is 7.11 Å². The monoisotopic (exact) mass is 441 g/mol. The number of hydrazine groups is 1. The van der Waals surface area contributed by atoms with Gasteiger partial charge >= 0.3 is 6.03 Å². The number of benzene rings is 2. The van der Waals surface area contributed by atoms with Crippen molar-refractivity contribution in [1.29, 1.82) is 0 Å². The molecule has 8 heteroatoms. The molecule has 0 unspecified atom stereocenters. The lowest BCUT2D eigenvalue weighted by Crippen LogP contribution is -2.47. The van der Waals surface area contributed by atoms with Crippen LogP contribution in [-0.4, -0.2) is 56.1 Å². The number of nitrogens with zero attached hydrogens (tertiary/aromatic N) is 2. The molecule has 0 atom stereocenters. The number of anilines is 1. The molecule has 1 fully saturated rings. The number of methoxy groups -OCH3 is 2. The zero-order valence-electron chi connectivity index (χ0n) is 19.1. The zero-order chi connectivity index (χ0) is 23.1. The van der Waals surface area contributed by atoms with Crippen molar-refractivity contribution in [2.75, 3.05) is 39.4 Å². The lowest BCUT2D eigenvalue weighted by molar-refractivity contribution is 0.0403. The van der Waals surface area contributed by atoms with E-state index < -0.39 is 0 Å². The molecule has 1 N–H and O–H groups in total. The van der Waals surface area contributed by atoms with Crippen LogP contribution in [-0.2, 0) is 17.6 Å². The summed E-state index contributed by atoms with van der Waals surface area (Å²) < 4.78 is 15.7. The molecule has 1 saturated heterocycles. The Morgan fingerprint density at radius 1 is 0.969 bits per heavy atom. The second-order valence-corrected chi connectivity index (χ2v) is 7.41. The van der Waals surface area contributed by atoms with E-state index >= 15 is 0 Å². The largest absolute Gasteiger partial charge is 0.493 e. The fourth-order valence-corrected chi connectivity index (χ4v) is 3.80. The Kier molecular flexibility index (Phi) is 7.94. The second-order valence-electron chi connectivity index (χ2n) is 7.41. The fraction of sp³-hybridized carbons (Fsp3) is 0.417. The number of hydrogen-bond acceptors (Lipinski definition) is 5. The number of carbonyl (C=O) groups is 2. The molecular weight excluding hydrogens is 410 g/mol. The lowest BCUT2D eigenvalue weighted by Gasteiger charge is -2.29. The highest BCUT2D eigenvalue weighted by Gasteiger charge is 2.32. The molecular formula is C24H31N3O5. The number of aryl methyl sites for hydroxylation is 2. The molecule has 0 radical (unpaired) electrons. The van der Waals surface area contributed by atoms with Crippen LogP contribution in [0.4, 0.5) is 10.5 Å². The van der Waals surface area contributed by atoms with Crippen LogP contribution in [0.5, 0.6) is 11.5 Å². The van der Waals surface area contributed by atoms with E-state index in [1.165, 1.54) is 24.2 Å². The van der Waals surface area contributed by atoms with Gasteiger partial charge in [-0.1, -0.05) is 32.0 Å². The topological polar surface area (TPSA) is 80.3 Å². The molecule has 32 heavy (non-hydrogen) atoms. The van der Waals surface area contributed by atoms with Crippen molar-refractivity contribution in [3.05, 3.63) is 53.1 Å². The van der Waals surface area contributed by atoms with E-state index in [2.05, 4.69) is 19.2 Å². The number of amides is 3. The van der Waals surface area contributed by atoms with Crippen molar-refractivity contribution in [3.8, 4) is 11.5 Å². The predicted octanol–water partition coefficient (Wildman–Crippen LogP) is 4.10. The first-order valence-corrected chi connectivity index (χ1v) is 10.8. The summed E-state index contributed by atoms with van der Waals surface area (Å²) in [7, 11) is 3.04. The van der Waals surface area contributed by atoms with Gasteiger partial charge in [-0.3, -0.25) is 4.79 Å². The molecule has 3 rings (SSSR count). The van der Waals surface area contributed by atoms with Crippen LogP contribution < -0.4 is 14.8 Å². The van der Waals surface area contributed by atoms with Gasteiger partial charge in [0.1, 0.15) is 0 Å². The Morgan fingerprint density at radius 3 is 2.28 bits per heavy atom. The highest BCUT2D eigenvalue weighted by atomic mass is 16.7. The predicted molar refractivity (Wildman–Crippen MR) is 122 cm³/mol. The van der Waals surface area contributed by atoms with E-state index in [1.807, 2.05) is 18.2 Å². The van der Waals surface area contributed by atoms with Crippen LogP contribution in [0.1, 0.15) is 41.8 Å². The first-order valence-electron chi connectivity index (χ1n) is 10.8. The average molecular weight is 442 g/mol. The van der Waals surface area contributed by atoms with Crippen LogP contribution in [0.2, 0.25) is 0 Å². The lowest BCUT2D eigenvalue weighted by atomic mass is 10.0. The standard InChI is InChI=1S/C24H31N3O5/c1-5-17-9-7-10-18(6-2)22(17)25-24(29)27-14-8-13-26(27)23(28)19-11-12-20(32-16-30-3)21(15-19)31-4/h7,9-12,15H,5-6,8,13-14,16H2,1-4H3,(H,25,29). The molecule has 2 aromatic carbocycles.